The Morgan fingerprint density at radius 1 is 1.29 bits per heavy atom. The molecule has 1 aliphatic carbocycles. The van der Waals surface area contributed by atoms with Crippen LogP contribution in [0.3, 0.4) is 0 Å². The molecule has 4 nitrogen and oxygen atoms in total. The minimum Gasteiger partial charge on any atom is -0.371 e. The molecule has 21 heavy (non-hydrogen) atoms. The first-order valence-corrected chi connectivity index (χ1v) is 8.47. The molecule has 0 aromatic heterocycles. The van der Waals surface area contributed by atoms with Crippen molar-refractivity contribution in [3.8, 4) is 0 Å². The molecular formula is C14H20F2N2O2S. The van der Waals surface area contributed by atoms with E-state index in [4.69, 9.17) is 5.73 Å². The molecule has 2 unspecified atom stereocenters. The predicted molar refractivity (Wildman–Crippen MR) is 78.2 cm³/mol. The zero-order valence-corrected chi connectivity index (χ0v) is 12.7. The number of alkyl halides is 2. The minimum absolute atomic E-state index is 0.313. The van der Waals surface area contributed by atoms with Crippen LogP contribution in [0.15, 0.2) is 29.2 Å². The first-order chi connectivity index (χ1) is 9.87. The number of nitrogens with zero attached hydrogens (tertiary/aromatic N) is 1. The van der Waals surface area contributed by atoms with Gasteiger partial charge in [0.25, 0.3) is 0 Å². The van der Waals surface area contributed by atoms with Crippen LogP contribution in [0.2, 0.25) is 0 Å². The molecule has 0 radical (unpaired) electrons. The Balaban J connectivity index is 2.19. The monoisotopic (exact) mass is 318 g/mol. The highest BCUT2D eigenvalue weighted by Gasteiger charge is 2.30. The molecule has 1 aromatic carbocycles. The Kier molecular flexibility index (Phi) is 4.83. The van der Waals surface area contributed by atoms with Gasteiger partial charge < -0.3 is 10.6 Å². The van der Waals surface area contributed by atoms with Crippen molar-refractivity contribution in [2.24, 2.45) is 11.7 Å². The molecule has 0 bridgehead atoms. The molecule has 2 atom stereocenters. The largest absolute Gasteiger partial charge is 0.371 e. The number of rotatable bonds is 5. The van der Waals surface area contributed by atoms with Gasteiger partial charge in [0.05, 0.1) is 4.90 Å². The highest BCUT2D eigenvalue weighted by atomic mass is 32.2. The first-order valence-electron chi connectivity index (χ1n) is 6.93. The highest BCUT2D eigenvalue weighted by molar-refractivity contribution is 7.91. The van der Waals surface area contributed by atoms with Crippen molar-refractivity contribution in [3.63, 3.8) is 0 Å². The summed E-state index contributed by atoms with van der Waals surface area (Å²) in [4.78, 5) is 1.71. The Hall–Kier alpha value is -1.21. The predicted octanol–water partition coefficient (Wildman–Crippen LogP) is 2.25. The molecule has 7 heteroatoms. The van der Waals surface area contributed by atoms with Gasteiger partial charge in [-0.05, 0) is 49.6 Å². The quantitative estimate of drug-likeness (QED) is 0.904. The summed E-state index contributed by atoms with van der Waals surface area (Å²) in [6.07, 6.45) is 3.24. The summed E-state index contributed by atoms with van der Waals surface area (Å²) >= 11 is 0. The molecule has 1 fully saturated rings. The Bertz CT molecular complexity index is 575. The van der Waals surface area contributed by atoms with Crippen LogP contribution in [-0.2, 0) is 9.84 Å². The van der Waals surface area contributed by atoms with E-state index in [1.165, 1.54) is 12.1 Å². The number of anilines is 1. The minimum atomic E-state index is -4.53. The third-order valence-corrected chi connectivity index (χ3v) is 5.62. The number of nitrogens with two attached hydrogens (primary N) is 1. The summed E-state index contributed by atoms with van der Waals surface area (Å²) in [5, 5.41) is 0. The van der Waals surface area contributed by atoms with E-state index in [1.807, 2.05) is 7.05 Å². The van der Waals surface area contributed by atoms with Gasteiger partial charge >= 0.3 is 5.76 Å². The fourth-order valence-electron chi connectivity index (χ4n) is 2.97. The maximum absolute atomic E-state index is 12.5. The summed E-state index contributed by atoms with van der Waals surface area (Å²) in [5.74, 6) is -2.97. The molecule has 0 amide bonds. The SMILES string of the molecule is CN(c1ccc(S(=O)(=O)C(F)F)cc1)C1CCCC1CN. The zero-order valence-electron chi connectivity index (χ0n) is 11.9. The molecule has 0 saturated heterocycles. The van der Waals surface area contributed by atoms with E-state index in [-0.39, 0.29) is 4.90 Å². The van der Waals surface area contributed by atoms with E-state index in [1.54, 1.807) is 12.1 Å². The smallest absolute Gasteiger partial charge is 0.341 e. The summed E-state index contributed by atoms with van der Waals surface area (Å²) in [5.41, 5.74) is 6.58. The van der Waals surface area contributed by atoms with E-state index in [0.29, 0.717) is 18.5 Å². The summed E-state index contributed by atoms with van der Waals surface area (Å²) in [7, 11) is -2.60. The summed E-state index contributed by atoms with van der Waals surface area (Å²) < 4.78 is 47.8. The van der Waals surface area contributed by atoms with Crippen LogP contribution in [0.25, 0.3) is 0 Å². The van der Waals surface area contributed by atoms with E-state index in [2.05, 4.69) is 4.90 Å². The third-order valence-electron chi connectivity index (χ3n) is 4.23. The normalized spacial score (nSPS) is 22.7. The Morgan fingerprint density at radius 2 is 1.90 bits per heavy atom. The molecule has 1 aliphatic rings. The van der Waals surface area contributed by atoms with Gasteiger partial charge in [0, 0.05) is 18.8 Å². The lowest BCUT2D eigenvalue weighted by molar-refractivity contribution is 0.234. The standard InChI is InChI=1S/C14H20F2N2O2S/c1-18(13-4-2-3-10(13)9-17)11-5-7-12(8-6-11)21(19,20)14(15)16/h5-8,10,13-14H,2-4,9,17H2,1H3. The average molecular weight is 318 g/mol. The van der Waals surface area contributed by atoms with Crippen molar-refractivity contribution in [1.29, 1.82) is 0 Å². The van der Waals surface area contributed by atoms with Crippen molar-refractivity contribution < 1.29 is 17.2 Å². The molecule has 0 spiro atoms. The molecule has 2 rings (SSSR count). The van der Waals surface area contributed by atoms with Gasteiger partial charge in [-0.15, -0.1) is 0 Å². The molecule has 118 valence electrons. The molecule has 0 heterocycles. The van der Waals surface area contributed by atoms with E-state index >= 15 is 0 Å². The van der Waals surface area contributed by atoms with Gasteiger partial charge in [0.2, 0.25) is 9.84 Å². The fourth-order valence-corrected chi connectivity index (χ4v) is 3.69. The topological polar surface area (TPSA) is 63.4 Å². The second kappa shape index (κ2) is 6.27. The first kappa shape index (κ1) is 16.2. The van der Waals surface area contributed by atoms with Crippen LogP contribution in [-0.4, -0.2) is 33.8 Å². The average Bonchev–Trinajstić information content (AvgIpc) is 2.94. The van der Waals surface area contributed by atoms with E-state index < -0.39 is 15.6 Å². The van der Waals surface area contributed by atoms with Crippen LogP contribution >= 0.6 is 0 Å². The van der Waals surface area contributed by atoms with Crippen LogP contribution in [0.1, 0.15) is 19.3 Å². The zero-order chi connectivity index (χ0) is 15.6. The Labute approximate surface area is 123 Å². The summed E-state index contributed by atoms with van der Waals surface area (Å²) in [6, 6.07) is 5.93. The number of hydrogen-bond donors (Lipinski definition) is 1. The van der Waals surface area contributed by atoms with Crippen LogP contribution in [0.4, 0.5) is 14.5 Å². The molecule has 1 saturated carbocycles. The lowest BCUT2D eigenvalue weighted by Crippen LogP contribution is -2.37. The van der Waals surface area contributed by atoms with Gasteiger partial charge in [-0.2, -0.15) is 8.78 Å². The third kappa shape index (κ3) is 3.18. The molecule has 0 aliphatic heterocycles. The van der Waals surface area contributed by atoms with Gasteiger partial charge in [0.15, 0.2) is 0 Å². The van der Waals surface area contributed by atoms with Gasteiger partial charge in [0.1, 0.15) is 0 Å². The summed E-state index contributed by atoms with van der Waals surface area (Å²) in [6.45, 7) is 0.618. The second-order valence-corrected chi connectivity index (χ2v) is 7.32. The number of sulfone groups is 1. The number of hydrogen-bond acceptors (Lipinski definition) is 4. The number of halogens is 2. The van der Waals surface area contributed by atoms with Crippen molar-refractivity contribution in [3.05, 3.63) is 24.3 Å². The highest BCUT2D eigenvalue weighted by Crippen LogP contribution is 2.32. The molecule has 1 aromatic rings. The maximum Gasteiger partial charge on any atom is 0.341 e. The molecule has 2 N–H and O–H groups in total. The van der Waals surface area contributed by atoms with Crippen LogP contribution in [0.5, 0.6) is 0 Å². The lowest BCUT2D eigenvalue weighted by Gasteiger charge is -2.31. The van der Waals surface area contributed by atoms with E-state index in [9.17, 15) is 17.2 Å². The van der Waals surface area contributed by atoms with Crippen molar-refractivity contribution in [2.45, 2.75) is 36.0 Å². The van der Waals surface area contributed by atoms with Crippen molar-refractivity contribution >= 4 is 15.5 Å². The van der Waals surface area contributed by atoms with E-state index in [0.717, 1.165) is 24.9 Å². The molecular weight excluding hydrogens is 298 g/mol. The van der Waals surface area contributed by atoms with Gasteiger partial charge in [-0.3, -0.25) is 0 Å². The van der Waals surface area contributed by atoms with Crippen LogP contribution in [0, 0.1) is 5.92 Å². The van der Waals surface area contributed by atoms with Crippen LogP contribution < -0.4 is 10.6 Å². The second-order valence-electron chi connectivity index (χ2n) is 5.40. The fraction of sp³-hybridized carbons (Fsp3) is 0.571. The van der Waals surface area contributed by atoms with Crippen molar-refractivity contribution in [2.75, 3.05) is 18.5 Å². The van der Waals surface area contributed by atoms with Gasteiger partial charge in [-0.25, -0.2) is 8.42 Å². The maximum atomic E-state index is 12.5. The Morgan fingerprint density at radius 3 is 2.43 bits per heavy atom. The van der Waals surface area contributed by atoms with Gasteiger partial charge in [-0.1, -0.05) is 6.42 Å². The lowest BCUT2D eigenvalue weighted by atomic mass is 10.0. The number of benzene rings is 1. The van der Waals surface area contributed by atoms with Crippen molar-refractivity contribution in [1.82, 2.24) is 0 Å².